The van der Waals surface area contributed by atoms with Gasteiger partial charge >= 0.3 is 0 Å². The molecule has 0 radical (unpaired) electrons. The average Bonchev–Trinajstić information content (AvgIpc) is 2.40. The van der Waals surface area contributed by atoms with Gasteiger partial charge in [0.2, 0.25) is 5.91 Å². The summed E-state index contributed by atoms with van der Waals surface area (Å²) in [7, 11) is 0. The van der Waals surface area contributed by atoms with Gasteiger partial charge in [-0.25, -0.2) is 0 Å². The number of carbonyl (C=O) groups excluding carboxylic acids is 1. The highest BCUT2D eigenvalue weighted by Crippen LogP contribution is 2.09. The summed E-state index contributed by atoms with van der Waals surface area (Å²) in [5, 5.41) is 8.68. The molecule has 3 nitrogen and oxygen atoms in total. The summed E-state index contributed by atoms with van der Waals surface area (Å²) in [5.41, 5.74) is 2.42. The number of nitrogens with zero attached hydrogens (tertiary/aromatic N) is 2. The summed E-state index contributed by atoms with van der Waals surface area (Å²) >= 11 is 0. The fourth-order valence-corrected chi connectivity index (χ4v) is 2.22. The summed E-state index contributed by atoms with van der Waals surface area (Å²) < 4.78 is 0. The van der Waals surface area contributed by atoms with Crippen LogP contribution in [0.2, 0.25) is 0 Å². The predicted molar refractivity (Wildman–Crippen MR) is 81.1 cm³/mol. The van der Waals surface area contributed by atoms with Crippen molar-refractivity contribution in [3.8, 4) is 6.07 Å². The van der Waals surface area contributed by atoms with Crippen LogP contribution in [0, 0.1) is 24.2 Å². The lowest BCUT2D eigenvalue weighted by atomic mass is 10.1. The molecule has 0 aliphatic heterocycles. The Bertz CT molecular complexity index is 474. The normalized spacial score (nSPS) is 10.3. The third-order valence-corrected chi connectivity index (χ3v) is 3.14. The van der Waals surface area contributed by atoms with Gasteiger partial charge in [0.05, 0.1) is 12.5 Å². The van der Waals surface area contributed by atoms with E-state index in [-0.39, 0.29) is 5.91 Å². The highest BCUT2D eigenvalue weighted by atomic mass is 16.2. The Labute approximate surface area is 122 Å². The molecule has 108 valence electrons. The zero-order valence-electron chi connectivity index (χ0n) is 12.7. The number of hydrogen-bond acceptors (Lipinski definition) is 2. The Morgan fingerprint density at radius 3 is 2.75 bits per heavy atom. The highest BCUT2D eigenvalue weighted by Gasteiger charge is 2.14. The number of amides is 1. The van der Waals surface area contributed by atoms with Crippen LogP contribution in [0.25, 0.3) is 0 Å². The van der Waals surface area contributed by atoms with Crippen LogP contribution in [0.1, 0.15) is 37.8 Å². The molecule has 0 saturated heterocycles. The lowest BCUT2D eigenvalue weighted by Gasteiger charge is -2.23. The van der Waals surface area contributed by atoms with Crippen molar-refractivity contribution in [3.05, 3.63) is 35.4 Å². The number of aryl methyl sites for hydroxylation is 2. The molecule has 0 aromatic heterocycles. The maximum atomic E-state index is 12.3. The Morgan fingerprint density at radius 2 is 2.15 bits per heavy atom. The molecule has 20 heavy (non-hydrogen) atoms. The largest absolute Gasteiger partial charge is 0.341 e. The van der Waals surface area contributed by atoms with E-state index < -0.39 is 0 Å². The van der Waals surface area contributed by atoms with Gasteiger partial charge in [0.1, 0.15) is 0 Å². The van der Waals surface area contributed by atoms with Gasteiger partial charge in [0.25, 0.3) is 0 Å². The first kappa shape index (κ1) is 16.2. The fraction of sp³-hybridized carbons (Fsp3) is 0.529. The standard InChI is InChI=1S/C17H24N2O/c1-14(2)13-19(11-5-10-18)17(20)9-8-16-7-4-6-15(3)12-16/h4,6-7,12,14H,5,8-9,11,13H2,1-3H3. The zero-order valence-corrected chi connectivity index (χ0v) is 12.7. The molecule has 3 heteroatoms. The van der Waals surface area contributed by atoms with Crippen molar-refractivity contribution in [2.24, 2.45) is 5.92 Å². The van der Waals surface area contributed by atoms with Crippen molar-refractivity contribution in [1.82, 2.24) is 4.90 Å². The van der Waals surface area contributed by atoms with E-state index in [1.165, 1.54) is 11.1 Å². The van der Waals surface area contributed by atoms with E-state index in [1.54, 1.807) is 0 Å². The first-order chi connectivity index (χ1) is 9.52. The Hall–Kier alpha value is -1.82. The van der Waals surface area contributed by atoms with Gasteiger partial charge in [-0.3, -0.25) is 4.79 Å². The first-order valence-electron chi connectivity index (χ1n) is 7.23. The van der Waals surface area contributed by atoms with Crippen LogP contribution in [-0.2, 0) is 11.2 Å². The van der Waals surface area contributed by atoms with Gasteiger partial charge in [-0.1, -0.05) is 43.7 Å². The predicted octanol–water partition coefficient (Wildman–Crippen LogP) is 3.33. The summed E-state index contributed by atoms with van der Waals surface area (Å²) in [5.74, 6) is 0.576. The molecule has 1 amide bonds. The number of benzene rings is 1. The third-order valence-electron chi connectivity index (χ3n) is 3.14. The van der Waals surface area contributed by atoms with Crippen LogP contribution < -0.4 is 0 Å². The van der Waals surface area contributed by atoms with Gasteiger partial charge in [-0.15, -0.1) is 0 Å². The summed E-state index contributed by atoms with van der Waals surface area (Å²) in [6, 6.07) is 10.4. The van der Waals surface area contributed by atoms with Gasteiger partial charge in [0, 0.05) is 19.5 Å². The molecule has 0 heterocycles. The van der Waals surface area contributed by atoms with Crippen LogP contribution in [0.5, 0.6) is 0 Å². The topological polar surface area (TPSA) is 44.1 Å². The van der Waals surface area contributed by atoms with Crippen molar-refractivity contribution < 1.29 is 4.79 Å². The van der Waals surface area contributed by atoms with Crippen molar-refractivity contribution in [1.29, 1.82) is 5.26 Å². The second-order valence-corrected chi connectivity index (χ2v) is 5.63. The van der Waals surface area contributed by atoms with Crippen molar-refractivity contribution >= 4 is 5.91 Å². The maximum absolute atomic E-state index is 12.3. The number of rotatable bonds is 7. The molecule has 0 fully saturated rings. The molecular weight excluding hydrogens is 248 g/mol. The summed E-state index contributed by atoms with van der Waals surface area (Å²) in [4.78, 5) is 14.1. The molecule has 1 aromatic carbocycles. The van der Waals surface area contributed by atoms with Gasteiger partial charge < -0.3 is 4.90 Å². The molecule has 0 unspecified atom stereocenters. The zero-order chi connectivity index (χ0) is 15.0. The van der Waals surface area contributed by atoms with Crippen LogP contribution in [0.3, 0.4) is 0 Å². The summed E-state index contributed by atoms with van der Waals surface area (Å²) in [6.07, 6.45) is 1.69. The van der Waals surface area contributed by atoms with Gasteiger partial charge in [-0.05, 0) is 24.8 Å². The van der Waals surface area contributed by atoms with E-state index in [1.807, 2.05) is 11.0 Å². The van der Waals surface area contributed by atoms with Crippen LogP contribution >= 0.6 is 0 Å². The number of hydrogen-bond donors (Lipinski definition) is 0. The Kier molecular flexibility index (Phi) is 6.79. The first-order valence-corrected chi connectivity index (χ1v) is 7.23. The van der Waals surface area contributed by atoms with Crippen LogP contribution in [-0.4, -0.2) is 23.9 Å². The quantitative estimate of drug-likeness (QED) is 0.764. The number of carbonyl (C=O) groups is 1. The molecule has 0 aliphatic rings. The fourth-order valence-electron chi connectivity index (χ4n) is 2.22. The average molecular weight is 272 g/mol. The minimum atomic E-state index is 0.149. The SMILES string of the molecule is Cc1cccc(CCC(=O)N(CCC#N)CC(C)C)c1. The molecule has 0 N–H and O–H groups in total. The Balaban J connectivity index is 2.55. The number of nitriles is 1. The summed E-state index contributed by atoms with van der Waals surface area (Å²) in [6.45, 7) is 7.51. The molecule has 0 spiro atoms. The molecule has 1 rings (SSSR count). The molecular formula is C17H24N2O. The van der Waals surface area contributed by atoms with E-state index in [9.17, 15) is 4.79 Å². The van der Waals surface area contributed by atoms with Crippen molar-refractivity contribution in [2.75, 3.05) is 13.1 Å². The smallest absolute Gasteiger partial charge is 0.222 e. The third kappa shape index (κ3) is 5.88. The van der Waals surface area contributed by atoms with Crippen LogP contribution in [0.15, 0.2) is 24.3 Å². The van der Waals surface area contributed by atoms with E-state index in [0.29, 0.717) is 25.3 Å². The molecule has 0 atom stereocenters. The van der Waals surface area contributed by atoms with Crippen molar-refractivity contribution in [3.63, 3.8) is 0 Å². The van der Waals surface area contributed by atoms with E-state index >= 15 is 0 Å². The molecule has 0 bridgehead atoms. The lowest BCUT2D eigenvalue weighted by Crippen LogP contribution is -2.35. The van der Waals surface area contributed by atoms with E-state index in [2.05, 4.69) is 45.0 Å². The molecule has 0 saturated carbocycles. The van der Waals surface area contributed by atoms with Gasteiger partial charge in [0.15, 0.2) is 0 Å². The Morgan fingerprint density at radius 1 is 1.40 bits per heavy atom. The maximum Gasteiger partial charge on any atom is 0.222 e. The minimum absolute atomic E-state index is 0.149. The highest BCUT2D eigenvalue weighted by molar-refractivity contribution is 5.76. The second-order valence-electron chi connectivity index (χ2n) is 5.63. The monoisotopic (exact) mass is 272 g/mol. The molecule has 1 aromatic rings. The lowest BCUT2D eigenvalue weighted by molar-refractivity contribution is -0.131. The van der Waals surface area contributed by atoms with Gasteiger partial charge in [-0.2, -0.15) is 5.26 Å². The molecule has 0 aliphatic carbocycles. The van der Waals surface area contributed by atoms with E-state index in [0.717, 1.165) is 13.0 Å². The van der Waals surface area contributed by atoms with Crippen LogP contribution in [0.4, 0.5) is 0 Å². The van der Waals surface area contributed by atoms with Crippen molar-refractivity contribution in [2.45, 2.75) is 40.0 Å². The second kappa shape index (κ2) is 8.37. The minimum Gasteiger partial charge on any atom is -0.341 e. The van der Waals surface area contributed by atoms with E-state index in [4.69, 9.17) is 5.26 Å².